The minimum atomic E-state index is -0.243. The van der Waals surface area contributed by atoms with E-state index in [1.165, 1.54) is 18.4 Å². The van der Waals surface area contributed by atoms with E-state index in [1.807, 2.05) is 37.3 Å². The van der Waals surface area contributed by atoms with Gasteiger partial charge < -0.3 is 19.7 Å². The molecule has 1 saturated heterocycles. The van der Waals surface area contributed by atoms with E-state index >= 15 is 0 Å². The monoisotopic (exact) mass is 527 g/mol. The maximum atomic E-state index is 12.9. The molecule has 0 unspecified atom stereocenters. The number of methoxy groups -OCH3 is 1. The summed E-state index contributed by atoms with van der Waals surface area (Å²) in [7, 11) is 1.42. The maximum Gasteiger partial charge on any atom is 0.410 e. The van der Waals surface area contributed by atoms with Crippen molar-refractivity contribution in [3.8, 4) is 0 Å². The molecular formula is C28H37N3O5S. The first-order valence-corrected chi connectivity index (χ1v) is 14.0. The fourth-order valence-electron chi connectivity index (χ4n) is 5.20. The molecule has 1 aromatic carbocycles. The highest BCUT2D eigenvalue weighted by molar-refractivity contribution is 7.13. The van der Waals surface area contributed by atoms with Gasteiger partial charge >= 0.3 is 12.1 Å². The van der Waals surface area contributed by atoms with Gasteiger partial charge in [-0.2, -0.15) is 0 Å². The minimum absolute atomic E-state index is 0.0540. The largest absolute Gasteiger partial charge is 0.469 e. The molecule has 9 heteroatoms. The number of benzene rings is 1. The quantitative estimate of drug-likeness (QED) is 0.491. The van der Waals surface area contributed by atoms with Crippen molar-refractivity contribution < 1.29 is 23.9 Å². The molecular weight excluding hydrogens is 490 g/mol. The molecule has 2 aliphatic rings. The number of likely N-dealkylation sites (tertiary alicyclic amines) is 1. The SMILES string of the molecule is COC(=O)[C@H]1CC[C@H](NC(=O)c2sc(CCC3CCN(C(=O)OCc4ccccc4)CC3)nc2C)CC1. The van der Waals surface area contributed by atoms with Crippen molar-refractivity contribution in [2.45, 2.75) is 70.9 Å². The third-order valence-corrected chi connectivity index (χ3v) is 8.70. The lowest BCUT2D eigenvalue weighted by atomic mass is 9.86. The van der Waals surface area contributed by atoms with E-state index in [1.54, 1.807) is 4.90 Å². The summed E-state index contributed by atoms with van der Waals surface area (Å²) in [6.07, 6.45) is 6.56. The van der Waals surface area contributed by atoms with Crippen molar-refractivity contribution in [1.82, 2.24) is 15.2 Å². The normalized spacial score (nSPS) is 20.3. The van der Waals surface area contributed by atoms with Crippen LogP contribution in [0.25, 0.3) is 0 Å². The zero-order chi connectivity index (χ0) is 26.2. The average Bonchev–Trinajstić information content (AvgIpc) is 3.32. The highest BCUT2D eigenvalue weighted by atomic mass is 32.1. The van der Waals surface area contributed by atoms with Crippen LogP contribution in [0.5, 0.6) is 0 Å². The molecule has 200 valence electrons. The van der Waals surface area contributed by atoms with Crippen LogP contribution in [-0.2, 0) is 27.3 Å². The van der Waals surface area contributed by atoms with E-state index in [2.05, 4.69) is 10.3 Å². The van der Waals surface area contributed by atoms with Crippen LogP contribution in [0.1, 0.15) is 70.9 Å². The predicted octanol–water partition coefficient (Wildman–Crippen LogP) is 4.89. The minimum Gasteiger partial charge on any atom is -0.469 e. The molecule has 1 aliphatic heterocycles. The Morgan fingerprint density at radius 2 is 1.76 bits per heavy atom. The Bertz CT molecular complexity index is 1060. The van der Waals surface area contributed by atoms with Gasteiger partial charge in [0.05, 0.1) is 23.7 Å². The first-order valence-electron chi connectivity index (χ1n) is 13.2. The summed E-state index contributed by atoms with van der Waals surface area (Å²) in [6, 6.07) is 9.81. The van der Waals surface area contributed by atoms with Gasteiger partial charge in [-0.3, -0.25) is 9.59 Å². The van der Waals surface area contributed by atoms with Crippen LogP contribution in [0, 0.1) is 18.8 Å². The number of hydrogen-bond donors (Lipinski definition) is 1. The summed E-state index contributed by atoms with van der Waals surface area (Å²) in [5, 5.41) is 4.13. The predicted molar refractivity (Wildman–Crippen MR) is 141 cm³/mol. The Labute approximate surface area is 222 Å². The third-order valence-electron chi connectivity index (χ3n) is 7.49. The lowest BCUT2D eigenvalue weighted by Crippen LogP contribution is -2.38. The van der Waals surface area contributed by atoms with Crippen LogP contribution in [0.2, 0.25) is 0 Å². The summed E-state index contributed by atoms with van der Waals surface area (Å²) >= 11 is 1.48. The summed E-state index contributed by atoms with van der Waals surface area (Å²) in [5.41, 5.74) is 1.76. The lowest BCUT2D eigenvalue weighted by molar-refractivity contribution is -0.146. The highest BCUT2D eigenvalue weighted by Gasteiger charge is 2.29. The maximum absolute atomic E-state index is 12.9. The molecule has 1 aliphatic carbocycles. The molecule has 0 radical (unpaired) electrons. The van der Waals surface area contributed by atoms with Gasteiger partial charge in [0.2, 0.25) is 0 Å². The number of carbonyl (C=O) groups is 3. The van der Waals surface area contributed by atoms with E-state index in [9.17, 15) is 14.4 Å². The van der Waals surface area contributed by atoms with Crippen LogP contribution < -0.4 is 5.32 Å². The number of carbonyl (C=O) groups excluding carboxylic acids is 3. The summed E-state index contributed by atoms with van der Waals surface area (Å²) in [4.78, 5) is 44.2. The summed E-state index contributed by atoms with van der Waals surface area (Å²) in [5.74, 6) is 0.262. The van der Waals surface area contributed by atoms with E-state index in [4.69, 9.17) is 9.47 Å². The zero-order valence-electron chi connectivity index (χ0n) is 21.7. The fraction of sp³-hybridized carbons (Fsp3) is 0.571. The number of esters is 1. The van der Waals surface area contributed by atoms with Crippen molar-refractivity contribution in [1.29, 1.82) is 0 Å². The van der Waals surface area contributed by atoms with Crippen molar-refractivity contribution in [3.05, 3.63) is 51.5 Å². The second kappa shape index (κ2) is 13.0. The second-order valence-electron chi connectivity index (χ2n) is 10.1. The summed E-state index contributed by atoms with van der Waals surface area (Å²) < 4.78 is 10.3. The second-order valence-corrected chi connectivity index (χ2v) is 11.2. The number of hydrogen-bond acceptors (Lipinski definition) is 7. The van der Waals surface area contributed by atoms with Gasteiger partial charge in [-0.25, -0.2) is 9.78 Å². The number of nitrogens with zero attached hydrogens (tertiary/aromatic N) is 2. The van der Waals surface area contributed by atoms with Crippen molar-refractivity contribution in [2.75, 3.05) is 20.2 Å². The molecule has 1 saturated carbocycles. The van der Waals surface area contributed by atoms with E-state index in [0.29, 0.717) is 30.5 Å². The number of ether oxygens (including phenoxy) is 2. The van der Waals surface area contributed by atoms with Crippen molar-refractivity contribution >= 4 is 29.3 Å². The molecule has 2 aromatic rings. The average molecular weight is 528 g/mol. The lowest BCUT2D eigenvalue weighted by Gasteiger charge is -2.31. The van der Waals surface area contributed by atoms with Crippen LogP contribution >= 0.6 is 11.3 Å². The fourth-order valence-corrected chi connectivity index (χ4v) is 6.19. The van der Waals surface area contributed by atoms with Crippen LogP contribution in [0.3, 0.4) is 0 Å². The third kappa shape index (κ3) is 7.53. The number of nitrogens with one attached hydrogen (secondary N) is 1. The van der Waals surface area contributed by atoms with E-state index in [0.717, 1.165) is 67.6 Å². The Morgan fingerprint density at radius 3 is 2.43 bits per heavy atom. The topological polar surface area (TPSA) is 97.8 Å². The van der Waals surface area contributed by atoms with E-state index < -0.39 is 0 Å². The van der Waals surface area contributed by atoms with Gasteiger partial charge in [-0.05, 0) is 69.8 Å². The molecule has 4 rings (SSSR count). The number of amides is 2. The highest BCUT2D eigenvalue weighted by Crippen LogP contribution is 2.28. The van der Waals surface area contributed by atoms with Crippen molar-refractivity contribution in [3.63, 3.8) is 0 Å². The van der Waals surface area contributed by atoms with Gasteiger partial charge in [0.1, 0.15) is 11.5 Å². The molecule has 1 N–H and O–H groups in total. The molecule has 8 nitrogen and oxygen atoms in total. The van der Waals surface area contributed by atoms with Crippen LogP contribution in [-0.4, -0.2) is 54.1 Å². The van der Waals surface area contributed by atoms with Gasteiger partial charge in [0.15, 0.2) is 0 Å². The number of aromatic nitrogens is 1. The molecule has 1 aromatic heterocycles. The Kier molecular flexibility index (Phi) is 9.55. The van der Waals surface area contributed by atoms with Gasteiger partial charge in [0, 0.05) is 19.1 Å². The molecule has 2 amide bonds. The van der Waals surface area contributed by atoms with Gasteiger partial charge in [-0.15, -0.1) is 11.3 Å². The zero-order valence-corrected chi connectivity index (χ0v) is 22.6. The summed E-state index contributed by atoms with van der Waals surface area (Å²) in [6.45, 7) is 3.61. The smallest absolute Gasteiger partial charge is 0.410 e. The first-order chi connectivity index (χ1) is 17.9. The Balaban J connectivity index is 1.17. The number of thiazole rings is 1. The first kappa shape index (κ1) is 27.1. The Hall–Kier alpha value is -2.94. The number of aryl methyl sites for hydroxylation is 2. The molecule has 0 atom stereocenters. The van der Waals surface area contributed by atoms with Gasteiger partial charge in [-0.1, -0.05) is 30.3 Å². The Morgan fingerprint density at radius 1 is 1.05 bits per heavy atom. The van der Waals surface area contributed by atoms with Gasteiger partial charge in [0.25, 0.3) is 5.91 Å². The molecule has 0 spiro atoms. The van der Waals surface area contributed by atoms with Crippen LogP contribution in [0.15, 0.2) is 30.3 Å². The molecule has 0 bridgehead atoms. The van der Waals surface area contributed by atoms with Crippen molar-refractivity contribution in [2.24, 2.45) is 11.8 Å². The van der Waals surface area contributed by atoms with E-state index in [-0.39, 0.29) is 29.9 Å². The molecule has 2 fully saturated rings. The standard InChI is InChI=1S/C28H37N3O5S/c1-19-25(26(32)30-23-11-9-22(10-12-23)27(33)35-2)37-24(29-19)13-8-20-14-16-31(17-15-20)28(34)36-18-21-6-4-3-5-7-21/h3-7,20,22-23H,8-18H2,1-2H3,(H,30,32)/t22-,23-. The number of piperidine rings is 1. The molecule has 2 heterocycles. The van der Waals surface area contributed by atoms with Crippen LogP contribution in [0.4, 0.5) is 4.79 Å². The molecule has 37 heavy (non-hydrogen) atoms. The number of rotatable bonds is 8.